The topological polar surface area (TPSA) is 62.8 Å². The minimum absolute atomic E-state index is 0.0385. The van der Waals surface area contributed by atoms with Crippen LogP contribution in [0.3, 0.4) is 0 Å². The fourth-order valence-corrected chi connectivity index (χ4v) is 3.71. The van der Waals surface area contributed by atoms with Gasteiger partial charge in [0.05, 0.1) is 10.6 Å². The Morgan fingerprint density at radius 1 is 1.06 bits per heavy atom. The molecule has 0 amide bonds. The van der Waals surface area contributed by atoms with Crippen LogP contribution in [0, 0.1) is 0 Å². The smallest absolute Gasteiger partial charge is 0.416 e. The van der Waals surface area contributed by atoms with Crippen LogP contribution in [-0.4, -0.2) is 66.1 Å². The molecule has 1 aliphatic heterocycles. The van der Waals surface area contributed by atoms with Crippen LogP contribution < -0.4 is 14.8 Å². The van der Waals surface area contributed by atoms with Crippen molar-refractivity contribution in [2.45, 2.75) is 6.18 Å². The van der Waals surface area contributed by atoms with Crippen molar-refractivity contribution in [3.8, 4) is 17.5 Å². The van der Waals surface area contributed by atoms with Crippen LogP contribution in [0.2, 0.25) is 5.02 Å². The summed E-state index contributed by atoms with van der Waals surface area (Å²) >= 11 is 6.31. The molecule has 0 radical (unpaired) electrons. The number of alkyl halides is 3. The molecule has 7 nitrogen and oxygen atoms in total. The van der Waals surface area contributed by atoms with Crippen molar-refractivity contribution in [1.29, 1.82) is 0 Å². The lowest BCUT2D eigenvalue weighted by atomic mass is 10.2. The third-order valence-electron chi connectivity index (χ3n) is 5.46. The van der Waals surface area contributed by atoms with E-state index in [4.69, 9.17) is 21.1 Å². The van der Waals surface area contributed by atoms with E-state index in [0.717, 1.165) is 44.9 Å². The number of aromatic nitrogens is 2. The summed E-state index contributed by atoms with van der Waals surface area (Å²) in [6, 6.07) is 11.4. The second kappa shape index (κ2) is 11.1. The molecule has 35 heavy (non-hydrogen) atoms. The van der Waals surface area contributed by atoms with Gasteiger partial charge in [-0.15, -0.1) is 0 Å². The van der Waals surface area contributed by atoms with E-state index < -0.39 is 11.7 Å². The number of ether oxygens (including phenoxy) is 2. The number of anilines is 2. The van der Waals surface area contributed by atoms with Gasteiger partial charge in [-0.3, -0.25) is 4.90 Å². The summed E-state index contributed by atoms with van der Waals surface area (Å²) in [4.78, 5) is 13.2. The second-order valence-electron chi connectivity index (χ2n) is 8.12. The number of likely N-dealkylation sites (N-methyl/N-ethyl adjacent to an activating group) is 1. The van der Waals surface area contributed by atoms with E-state index in [9.17, 15) is 13.2 Å². The van der Waals surface area contributed by atoms with Crippen LogP contribution in [-0.2, 0) is 6.18 Å². The highest BCUT2D eigenvalue weighted by molar-refractivity contribution is 6.32. The van der Waals surface area contributed by atoms with E-state index in [1.165, 1.54) is 12.1 Å². The molecule has 0 bridgehead atoms. The van der Waals surface area contributed by atoms with Crippen LogP contribution in [0.15, 0.2) is 54.7 Å². The summed E-state index contributed by atoms with van der Waals surface area (Å²) in [5.41, 5.74) is -0.178. The lowest BCUT2D eigenvalue weighted by Gasteiger charge is -2.31. The van der Waals surface area contributed by atoms with Crippen LogP contribution in [0.1, 0.15) is 5.56 Å². The summed E-state index contributed by atoms with van der Waals surface area (Å²) in [5.74, 6) is 0.779. The molecule has 2 aromatic carbocycles. The van der Waals surface area contributed by atoms with E-state index in [1.54, 1.807) is 30.5 Å². The number of nitrogens with one attached hydrogen (secondary N) is 1. The van der Waals surface area contributed by atoms with E-state index in [1.807, 2.05) is 0 Å². The Kier molecular flexibility index (Phi) is 7.94. The van der Waals surface area contributed by atoms with Crippen LogP contribution >= 0.6 is 11.6 Å². The lowest BCUT2D eigenvalue weighted by molar-refractivity contribution is -0.137. The Balaban J connectivity index is 1.34. The van der Waals surface area contributed by atoms with Gasteiger partial charge >= 0.3 is 12.2 Å². The van der Waals surface area contributed by atoms with Gasteiger partial charge in [-0.2, -0.15) is 18.2 Å². The van der Waals surface area contributed by atoms with Gasteiger partial charge in [0.15, 0.2) is 0 Å². The number of hydrogen-bond acceptors (Lipinski definition) is 7. The molecule has 4 rings (SSSR count). The molecule has 0 atom stereocenters. The van der Waals surface area contributed by atoms with Crippen LogP contribution in [0.5, 0.6) is 17.5 Å². The molecule has 186 valence electrons. The van der Waals surface area contributed by atoms with Gasteiger partial charge < -0.3 is 19.7 Å². The minimum atomic E-state index is -4.46. The van der Waals surface area contributed by atoms with Crippen molar-refractivity contribution in [3.63, 3.8) is 0 Å². The standard InChI is InChI=1S/C24H25ClF3N5O2/c1-32-9-11-33(12-10-32)13-14-34-23-29-8-7-22(31-23)30-18-5-6-21(20(25)16-18)35-19-4-2-3-17(15-19)24(26,27)28/h2-8,15-16H,9-14H2,1H3,(H,29,30,31). The summed E-state index contributed by atoms with van der Waals surface area (Å²) in [6.45, 7) is 5.40. The molecular formula is C24H25ClF3N5O2. The highest BCUT2D eigenvalue weighted by atomic mass is 35.5. The predicted octanol–water partition coefficient (Wildman–Crippen LogP) is 5.31. The van der Waals surface area contributed by atoms with Gasteiger partial charge in [0, 0.05) is 44.6 Å². The molecule has 1 saturated heterocycles. The molecule has 1 fully saturated rings. The maximum Gasteiger partial charge on any atom is 0.416 e. The van der Waals surface area contributed by atoms with E-state index in [2.05, 4.69) is 32.1 Å². The summed E-state index contributed by atoms with van der Waals surface area (Å²) in [6.07, 6.45) is -2.87. The van der Waals surface area contributed by atoms with Crippen molar-refractivity contribution in [2.24, 2.45) is 0 Å². The monoisotopic (exact) mass is 507 g/mol. The molecular weight excluding hydrogens is 483 g/mol. The van der Waals surface area contributed by atoms with Crippen molar-refractivity contribution >= 4 is 23.1 Å². The van der Waals surface area contributed by atoms with E-state index in [-0.39, 0.29) is 22.5 Å². The zero-order chi connectivity index (χ0) is 24.8. The van der Waals surface area contributed by atoms with Gasteiger partial charge in [-0.25, -0.2) is 4.98 Å². The number of piperazine rings is 1. The zero-order valence-electron chi connectivity index (χ0n) is 19.1. The van der Waals surface area contributed by atoms with Crippen LogP contribution in [0.25, 0.3) is 0 Å². The summed E-state index contributed by atoms with van der Waals surface area (Å²) < 4.78 is 50.1. The fourth-order valence-electron chi connectivity index (χ4n) is 3.49. The molecule has 1 aromatic heterocycles. The van der Waals surface area contributed by atoms with Gasteiger partial charge in [0.1, 0.15) is 23.9 Å². The third-order valence-corrected chi connectivity index (χ3v) is 5.76. The zero-order valence-corrected chi connectivity index (χ0v) is 19.8. The number of benzene rings is 2. The first-order valence-corrected chi connectivity index (χ1v) is 11.4. The lowest BCUT2D eigenvalue weighted by Crippen LogP contribution is -2.45. The average Bonchev–Trinajstić information content (AvgIpc) is 2.82. The van der Waals surface area contributed by atoms with Crippen LogP contribution in [0.4, 0.5) is 24.7 Å². The first-order chi connectivity index (χ1) is 16.8. The van der Waals surface area contributed by atoms with Crippen molar-refractivity contribution in [1.82, 2.24) is 19.8 Å². The quantitative estimate of drug-likeness (QED) is 0.443. The maximum atomic E-state index is 12.9. The van der Waals surface area contributed by atoms with Crippen molar-refractivity contribution in [3.05, 3.63) is 65.3 Å². The maximum absolute atomic E-state index is 12.9. The Labute approximate surface area is 206 Å². The first kappa shape index (κ1) is 25.0. The third kappa shape index (κ3) is 7.20. The Bertz CT molecular complexity index is 1140. The van der Waals surface area contributed by atoms with Crippen molar-refractivity contribution in [2.75, 3.05) is 51.7 Å². The van der Waals surface area contributed by atoms with Crippen molar-refractivity contribution < 1.29 is 22.6 Å². The summed E-state index contributed by atoms with van der Waals surface area (Å²) in [7, 11) is 2.12. The number of rotatable bonds is 8. The number of halogens is 4. The molecule has 1 N–H and O–H groups in total. The van der Waals surface area contributed by atoms with E-state index in [0.29, 0.717) is 18.1 Å². The molecule has 2 heterocycles. The summed E-state index contributed by atoms with van der Waals surface area (Å²) in [5, 5.41) is 3.34. The molecule has 0 unspecified atom stereocenters. The second-order valence-corrected chi connectivity index (χ2v) is 8.52. The van der Waals surface area contributed by atoms with Gasteiger partial charge in [-0.05, 0) is 49.5 Å². The molecule has 0 aliphatic carbocycles. The average molecular weight is 508 g/mol. The molecule has 3 aromatic rings. The van der Waals surface area contributed by atoms with Gasteiger partial charge in [0.25, 0.3) is 0 Å². The molecule has 0 saturated carbocycles. The SMILES string of the molecule is CN1CCN(CCOc2nccc(Nc3ccc(Oc4cccc(C(F)(F)F)c4)c(Cl)c3)n2)CC1. The Hall–Kier alpha value is -3.08. The minimum Gasteiger partial charge on any atom is -0.462 e. The largest absolute Gasteiger partial charge is 0.462 e. The number of hydrogen-bond donors (Lipinski definition) is 1. The normalized spacial score (nSPS) is 15.1. The molecule has 1 aliphatic rings. The highest BCUT2D eigenvalue weighted by Crippen LogP contribution is 2.35. The Morgan fingerprint density at radius 2 is 1.86 bits per heavy atom. The van der Waals surface area contributed by atoms with Gasteiger partial charge in [-0.1, -0.05) is 17.7 Å². The highest BCUT2D eigenvalue weighted by Gasteiger charge is 2.30. The number of nitrogens with zero attached hydrogens (tertiary/aromatic N) is 4. The van der Waals surface area contributed by atoms with Gasteiger partial charge in [0.2, 0.25) is 0 Å². The van der Waals surface area contributed by atoms with E-state index >= 15 is 0 Å². The Morgan fingerprint density at radius 3 is 2.60 bits per heavy atom. The first-order valence-electron chi connectivity index (χ1n) is 11.0. The fraction of sp³-hybridized carbons (Fsp3) is 0.333. The predicted molar refractivity (Wildman–Crippen MR) is 128 cm³/mol. The molecule has 0 spiro atoms. The molecule has 11 heteroatoms.